The van der Waals surface area contributed by atoms with Crippen LogP contribution < -0.4 is 0 Å². The summed E-state index contributed by atoms with van der Waals surface area (Å²) in [6.07, 6.45) is 9.78. The summed E-state index contributed by atoms with van der Waals surface area (Å²) in [5.74, 6) is 0. The molecular weight excluding hydrogens is 403 g/mol. The van der Waals surface area contributed by atoms with Crippen LogP contribution in [0, 0.1) is 0 Å². The Kier molecular flexibility index (Phi) is 26.0. The van der Waals surface area contributed by atoms with Gasteiger partial charge in [-0.2, -0.15) is 0 Å². The third-order valence-corrected chi connectivity index (χ3v) is 5.23. The molecule has 0 aliphatic heterocycles. The Labute approximate surface area is 178 Å². The van der Waals surface area contributed by atoms with Gasteiger partial charge >= 0.3 is 0 Å². The van der Waals surface area contributed by atoms with Crippen LogP contribution in [0.15, 0.2) is 0 Å². The quantitative estimate of drug-likeness (QED) is 0.140. The zero-order chi connectivity index (χ0) is 20.5. The Bertz CT molecular complexity index is 263. The lowest BCUT2D eigenvalue weighted by Gasteiger charge is -2.11. The molecule has 0 bridgehead atoms. The van der Waals surface area contributed by atoms with Crippen LogP contribution in [0.2, 0.25) is 0 Å². The van der Waals surface area contributed by atoms with Gasteiger partial charge < -0.3 is 28.0 Å². The SMILES string of the molecule is CCCCCCOCCOCCOP(Cl)OCCOCCOCCCCCC. The molecule has 170 valence electrons. The predicted octanol–water partition coefficient (Wildman–Crippen LogP) is 5.71. The van der Waals surface area contributed by atoms with Crippen molar-refractivity contribution in [1.82, 2.24) is 0 Å². The van der Waals surface area contributed by atoms with Crippen molar-refractivity contribution in [2.24, 2.45) is 0 Å². The number of hydrogen-bond acceptors (Lipinski definition) is 6. The van der Waals surface area contributed by atoms with Crippen LogP contribution >= 0.6 is 19.0 Å². The molecule has 0 atom stereocenters. The van der Waals surface area contributed by atoms with Crippen molar-refractivity contribution in [3.8, 4) is 0 Å². The summed E-state index contributed by atoms with van der Waals surface area (Å²) in [4.78, 5) is 0. The lowest BCUT2D eigenvalue weighted by molar-refractivity contribution is 0.0298. The summed E-state index contributed by atoms with van der Waals surface area (Å²) in [5, 5.41) is 0. The highest BCUT2D eigenvalue weighted by molar-refractivity contribution is 7.76. The maximum Gasteiger partial charge on any atom is 0.276 e. The molecule has 0 aromatic rings. The van der Waals surface area contributed by atoms with E-state index in [1.165, 1.54) is 38.5 Å². The van der Waals surface area contributed by atoms with Crippen molar-refractivity contribution in [2.75, 3.05) is 66.1 Å². The summed E-state index contributed by atoms with van der Waals surface area (Å²) >= 11 is 5.99. The molecule has 0 N–H and O–H groups in total. The first kappa shape index (κ1) is 28.5. The second-order valence-electron chi connectivity index (χ2n) is 6.45. The highest BCUT2D eigenvalue weighted by Gasteiger charge is 2.06. The molecule has 6 nitrogen and oxygen atoms in total. The topological polar surface area (TPSA) is 55.4 Å². The average Bonchev–Trinajstić information content (AvgIpc) is 2.70. The highest BCUT2D eigenvalue weighted by atomic mass is 35.7. The monoisotopic (exact) mass is 444 g/mol. The standard InChI is InChI=1S/C20H42ClO6P/c1-3-5-7-9-11-22-13-15-24-17-19-26-28(21)27-20-18-25-16-14-23-12-10-8-6-4-2/h3-20H2,1-2H3. The Hall–Kier alpha value is 0.480. The Balaban J connectivity index is 3.12. The number of unbranched alkanes of at least 4 members (excludes halogenated alkanes) is 6. The van der Waals surface area contributed by atoms with Crippen LogP contribution in [0.4, 0.5) is 0 Å². The second kappa shape index (κ2) is 25.5. The lowest BCUT2D eigenvalue weighted by atomic mass is 10.2. The lowest BCUT2D eigenvalue weighted by Crippen LogP contribution is -2.10. The van der Waals surface area contributed by atoms with Crippen molar-refractivity contribution >= 4 is 19.0 Å². The fourth-order valence-electron chi connectivity index (χ4n) is 2.28. The van der Waals surface area contributed by atoms with Gasteiger partial charge in [0.05, 0.1) is 52.9 Å². The maximum absolute atomic E-state index is 5.99. The first-order valence-electron chi connectivity index (χ1n) is 10.8. The zero-order valence-electron chi connectivity index (χ0n) is 18.0. The number of hydrogen-bond donors (Lipinski definition) is 0. The average molecular weight is 445 g/mol. The smallest absolute Gasteiger partial charge is 0.276 e. The van der Waals surface area contributed by atoms with Gasteiger partial charge in [0, 0.05) is 13.2 Å². The maximum atomic E-state index is 5.99. The molecule has 0 heterocycles. The summed E-state index contributed by atoms with van der Waals surface area (Å²) in [6, 6.07) is 0. The van der Waals surface area contributed by atoms with E-state index in [2.05, 4.69) is 13.8 Å². The summed E-state index contributed by atoms with van der Waals surface area (Å²) in [5.41, 5.74) is 0. The largest absolute Gasteiger partial charge is 0.379 e. The van der Waals surface area contributed by atoms with Crippen molar-refractivity contribution in [1.29, 1.82) is 0 Å². The number of rotatable bonds is 24. The van der Waals surface area contributed by atoms with Gasteiger partial charge in [0.2, 0.25) is 0 Å². The fourth-order valence-corrected chi connectivity index (χ4v) is 3.20. The third-order valence-electron chi connectivity index (χ3n) is 3.87. The summed E-state index contributed by atoms with van der Waals surface area (Å²) < 4.78 is 32.6. The van der Waals surface area contributed by atoms with E-state index in [4.69, 9.17) is 39.2 Å². The molecule has 0 rings (SSSR count). The van der Waals surface area contributed by atoms with Gasteiger partial charge in [0.15, 0.2) is 0 Å². The van der Waals surface area contributed by atoms with Gasteiger partial charge in [0.25, 0.3) is 7.73 Å². The van der Waals surface area contributed by atoms with Crippen LogP contribution in [-0.4, -0.2) is 66.1 Å². The zero-order valence-corrected chi connectivity index (χ0v) is 19.7. The first-order chi connectivity index (χ1) is 13.8. The third kappa shape index (κ3) is 24.5. The molecule has 0 aromatic carbocycles. The predicted molar refractivity (Wildman–Crippen MR) is 116 cm³/mol. The molecule has 0 saturated carbocycles. The van der Waals surface area contributed by atoms with E-state index in [0.717, 1.165) is 26.1 Å². The Morgan fingerprint density at radius 2 is 0.821 bits per heavy atom. The van der Waals surface area contributed by atoms with Crippen LogP contribution in [0.5, 0.6) is 0 Å². The Morgan fingerprint density at radius 1 is 0.464 bits per heavy atom. The first-order valence-corrected chi connectivity index (χ1v) is 12.9. The van der Waals surface area contributed by atoms with Crippen LogP contribution in [0.1, 0.15) is 65.2 Å². The minimum absolute atomic E-state index is 0.415. The molecule has 0 saturated heterocycles. The van der Waals surface area contributed by atoms with E-state index >= 15 is 0 Å². The van der Waals surface area contributed by atoms with Gasteiger partial charge in [-0.25, -0.2) is 0 Å². The van der Waals surface area contributed by atoms with Gasteiger partial charge in [-0.05, 0) is 24.1 Å². The minimum atomic E-state index is -1.40. The van der Waals surface area contributed by atoms with Crippen LogP contribution in [0.3, 0.4) is 0 Å². The van der Waals surface area contributed by atoms with E-state index in [0.29, 0.717) is 52.9 Å². The van der Waals surface area contributed by atoms with E-state index in [-0.39, 0.29) is 0 Å². The van der Waals surface area contributed by atoms with Crippen molar-refractivity contribution in [2.45, 2.75) is 65.2 Å². The fraction of sp³-hybridized carbons (Fsp3) is 1.00. The number of halogens is 1. The molecular formula is C20H42ClO6P. The molecule has 0 fully saturated rings. The van der Waals surface area contributed by atoms with E-state index < -0.39 is 7.73 Å². The molecule has 0 unspecified atom stereocenters. The van der Waals surface area contributed by atoms with E-state index in [1.807, 2.05) is 0 Å². The Morgan fingerprint density at radius 3 is 1.21 bits per heavy atom. The van der Waals surface area contributed by atoms with Gasteiger partial charge in [0.1, 0.15) is 0 Å². The summed E-state index contributed by atoms with van der Waals surface area (Å²) in [7, 11) is -1.40. The van der Waals surface area contributed by atoms with E-state index in [9.17, 15) is 0 Å². The highest BCUT2D eigenvalue weighted by Crippen LogP contribution is 2.43. The van der Waals surface area contributed by atoms with Crippen LogP contribution in [-0.2, 0) is 28.0 Å². The number of ether oxygens (including phenoxy) is 4. The van der Waals surface area contributed by atoms with E-state index in [1.54, 1.807) is 0 Å². The molecule has 0 amide bonds. The molecule has 0 aromatic heterocycles. The normalized spacial score (nSPS) is 11.6. The van der Waals surface area contributed by atoms with Crippen LogP contribution in [0.25, 0.3) is 0 Å². The van der Waals surface area contributed by atoms with Crippen molar-refractivity contribution in [3.05, 3.63) is 0 Å². The molecule has 0 radical (unpaired) electrons. The molecule has 0 aliphatic rings. The van der Waals surface area contributed by atoms with Gasteiger partial charge in [-0.3, -0.25) is 0 Å². The molecule has 28 heavy (non-hydrogen) atoms. The molecule has 0 aliphatic carbocycles. The van der Waals surface area contributed by atoms with Crippen molar-refractivity contribution < 1.29 is 28.0 Å². The molecule has 0 spiro atoms. The second-order valence-corrected chi connectivity index (χ2v) is 8.22. The minimum Gasteiger partial charge on any atom is -0.379 e. The molecule has 8 heteroatoms. The summed E-state index contributed by atoms with van der Waals surface area (Å²) in [6.45, 7) is 10.2. The van der Waals surface area contributed by atoms with Gasteiger partial charge in [-0.15, -0.1) is 0 Å². The van der Waals surface area contributed by atoms with Crippen molar-refractivity contribution in [3.63, 3.8) is 0 Å². The van der Waals surface area contributed by atoms with Gasteiger partial charge in [-0.1, -0.05) is 52.4 Å².